The number of ether oxygens (including phenoxy) is 1. The van der Waals surface area contributed by atoms with Gasteiger partial charge in [0.2, 0.25) is 0 Å². The van der Waals surface area contributed by atoms with Gasteiger partial charge in [0.1, 0.15) is 5.75 Å². The van der Waals surface area contributed by atoms with Gasteiger partial charge in [0.15, 0.2) is 0 Å². The second-order valence-corrected chi connectivity index (χ2v) is 4.67. The molecule has 1 fully saturated rings. The molecule has 0 aromatic heterocycles. The third-order valence-corrected chi connectivity index (χ3v) is 3.68. The average molecular weight is 235 g/mol. The van der Waals surface area contributed by atoms with Gasteiger partial charge in [-0.25, -0.2) is 0 Å². The van der Waals surface area contributed by atoms with Crippen molar-refractivity contribution in [3.63, 3.8) is 0 Å². The van der Waals surface area contributed by atoms with Crippen LogP contribution in [-0.2, 0) is 4.79 Å². The number of rotatable bonds is 4. The monoisotopic (exact) mass is 235 g/mol. The number of methoxy groups -OCH3 is 1. The Morgan fingerprint density at radius 1 is 1.59 bits per heavy atom. The highest BCUT2D eigenvalue weighted by Gasteiger charge is 2.49. The minimum absolute atomic E-state index is 0.211. The number of aliphatic carboxylic acids is 1. The molecule has 1 aromatic rings. The molecule has 1 aliphatic carbocycles. The molecular weight excluding hydrogens is 218 g/mol. The highest BCUT2D eigenvalue weighted by atomic mass is 16.5. The van der Waals surface area contributed by atoms with E-state index in [-0.39, 0.29) is 12.5 Å². The molecule has 0 aliphatic heterocycles. The summed E-state index contributed by atoms with van der Waals surface area (Å²) in [5.74, 6) is 0.312. The van der Waals surface area contributed by atoms with Crippen LogP contribution >= 0.6 is 0 Å². The van der Waals surface area contributed by atoms with Crippen molar-refractivity contribution in [2.24, 2.45) is 11.1 Å². The van der Waals surface area contributed by atoms with Crippen molar-refractivity contribution in [2.75, 3.05) is 13.7 Å². The van der Waals surface area contributed by atoms with Crippen molar-refractivity contribution in [1.82, 2.24) is 0 Å². The smallest absolute Gasteiger partial charge is 0.310 e. The predicted molar refractivity (Wildman–Crippen MR) is 64.1 cm³/mol. The summed E-state index contributed by atoms with van der Waals surface area (Å²) in [6.07, 6.45) is 1.23. The Morgan fingerprint density at radius 2 is 2.29 bits per heavy atom. The molecule has 0 atom stereocenters. The Balaban J connectivity index is 2.10. The first-order chi connectivity index (χ1) is 8.11. The first kappa shape index (κ1) is 11.9. The SMILES string of the molecule is COc1cccc(C2CC(CN)(C(=O)O)C2)c1. The molecule has 4 nitrogen and oxygen atoms in total. The van der Waals surface area contributed by atoms with Crippen molar-refractivity contribution in [1.29, 1.82) is 0 Å². The maximum Gasteiger partial charge on any atom is 0.310 e. The highest BCUT2D eigenvalue weighted by Crippen LogP contribution is 2.51. The van der Waals surface area contributed by atoms with E-state index >= 15 is 0 Å². The Kier molecular flexibility index (Phi) is 3.07. The quantitative estimate of drug-likeness (QED) is 0.831. The van der Waals surface area contributed by atoms with E-state index in [0.29, 0.717) is 12.8 Å². The Labute approximate surface area is 100 Å². The standard InChI is InChI=1S/C13H17NO3/c1-17-11-4-2-3-9(5-11)10-6-13(7-10,8-14)12(15)16/h2-5,10H,6-8,14H2,1H3,(H,15,16). The fourth-order valence-corrected chi connectivity index (χ4v) is 2.44. The summed E-state index contributed by atoms with van der Waals surface area (Å²) in [5.41, 5.74) is 5.98. The summed E-state index contributed by atoms with van der Waals surface area (Å²) in [4.78, 5) is 11.1. The van der Waals surface area contributed by atoms with E-state index in [1.165, 1.54) is 0 Å². The fourth-order valence-electron chi connectivity index (χ4n) is 2.44. The normalized spacial score (nSPS) is 27.3. The van der Waals surface area contributed by atoms with Gasteiger partial charge < -0.3 is 15.6 Å². The molecule has 4 heteroatoms. The Bertz CT molecular complexity index is 424. The molecule has 1 aromatic carbocycles. The molecule has 0 unspecified atom stereocenters. The maximum absolute atomic E-state index is 11.1. The minimum atomic E-state index is -0.779. The number of carbonyl (C=O) groups is 1. The summed E-state index contributed by atoms with van der Waals surface area (Å²) >= 11 is 0. The zero-order valence-electron chi connectivity index (χ0n) is 9.85. The molecule has 0 amide bonds. The van der Waals surface area contributed by atoms with Crippen molar-refractivity contribution in [2.45, 2.75) is 18.8 Å². The number of benzene rings is 1. The first-order valence-corrected chi connectivity index (χ1v) is 5.69. The zero-order valence-corrected chi connectivity index (χ0v) is 9.85. The lowest BCUT2D eigenvalue weighted by atomic mass is 9.60. The maximum atomic E-state index is 11.1. The lowest BCUT2D eigenvalue weighted by Crippen LogP contribution is -2.48. The molecule has 0 bridgehead atoms. The van der Waals surface area contributed by atoms with Crippen molar-refractivity contribution < 1.29 is 14.6 Å². The summed E-state index contributed by atoms with van der Waals surface area (Å²) in [6, 6.07) is 7.79. The van der Waals surface area contributed by atoms with Crippen LogP contribution in [0.15, 0.2) is 24.3 Å². The molecule has 1 aliphatic rings. The third kappa shape index (κ3) is 2.00. The second kappa shape index (κ2) is 4.37. The number of carboxylic acid groups (broad SMARTS) is 1. The van der Waals surface area contributed by atoms with E-state index in [0.717, 1.165) is 11.3 Å². The van der Waals surface area contributed by atoms with Gasteiger partial charge in [-0.15, -0.1) is 0 Å². The molecule has 0 spiro atoms. The van der Waals surface area contributed by atoms with Gasteiger partial charge in [-0.05, 0) is 36.5 Å². The molecule has 0 radical (unpaired) electrons. The average Bonchev–Trinajstić information content (AvgIpc) is 2.28. The third-order valence-electron chi connectivity index (χ3n) is 3.68. The van der Waals surface area contributed by atoms with Crippen LogP contribution in [0.2, 0.25) is 0 Å². The zero-order chi connectivity index (χ0) is 12.5. The molecule has 17 heavy (non-hydrogen) atoms. The molecule has 3 N–H and O–H groups in total. The van der Waals surface area contributed by atoms with Crippen LogP contribution in [0.1, 0.15) is 24.3 Å². The number of nitrogens with two attached hydrogens (primary N) is 1. The lowest BCUT2D eigenvalue weighted by Gasteiger charge is -2.44. The van der Waals surface area contributed by atoms with Gasteiger partial charge in [-0.3, -0.25) is 4.79 Å². The van der Waals surface area contributed by atoms with Crippen LogP contribution in [0.4, 0.5) is 0 Å². The fraction of sp³-hybridized carbons (Fsp3) is 0.462. The topological polar surface area (TPSA) is 72.5 Å². The summed E-state index contributed by atoms with van der Waals surface area (Å²) in [5, 5.41) is 9.14. The van der Waals surface area contributed by atoms with Gasteiger partial charge in [-0.1, -0.05) is 12.1 Å². The Morgan fingerprint density at radius 3 is 2.82 bits per heavy atom. The van der Waals surface area contributed by atoms with Crippen molar-refractivity contribution >= 4 is 5.97 Å². The summed E-state index contributed by atoms with van der Waals surface area (Å²) in [6.45, 7) is 0.211. The number of hydrogen-bond acceptors (Lipinski definition) is 3. The second-order valence-electron chi connectivity index (χ2n) is 4.67. The van der Waals surface area contributed by atoms with E-state index in [2.05, 4.69) is 0 Å². The summed E-state index contributed by atoms with van der Waals surface area (Å²) in [7, 11) is 1.63. The van der Waals surface area contributed by atoms with Crippen molar-refractivity contribution in [3.05, 3.63) is 29.8 Å². The number of hydrogen-bond donors (Lipinski definition) is 2. The molecule has 1 saturated carbocycles. The van der Waals surface area contributed by atoms with E-state index in [1.54, 1.807) is 7.11 Å². The first-order valence-electron chi connectivity index (χ1n) is 5.69. The van der Waals surface area contributed by atoms with Gasteiger partial charge in [0, 0.05) is 6.54 Å². The largest absolute Gasteiger partial charge is 0.497 e. The van der Waals surface area contributed by atoms with E-state index < -0.39 is 11.4 Å². The molecular formula is C13H17NO3. The van der Waals surface area contributed by atoms with Crippen LogP contribution in [-0.4, -0.2) is 24.7 Å². The van der Waals surface area contributed by atoms with E-state index in [1.807, 2.05) is 24.3 Å². The van der Waals surface area contributed by atoms with E-state index in [9.17, 15) is 4.79 Å². The highest BCUT2D eigenvalue weighted by molar-refractivity contribution is 5.76. The van der Waals surface area contributed by atoms with Gasteiger partial charge >= 0.3 is 5.97 Å². The predicted octanol–water partition coefficient (Wildman–Crippen LogP) is 1.60. The van der Waals surface area contributed by atoms with Gasteiger partial charge in [0.25, 0.3) is 0 Å². The lowest BCUT2D eigenvalue weighted by molar-refractivity contribution is -0.154. The van der Waals surface area contributed by atoms with Crippen LogP contribution in [0.3, 0.4) is 0 Å². The Hall–Kier alpha value is -1.55. The van der Waals surface area contributed by atoms with Crippen molar-refractivity contribution in [3.8, 4) is 5.75 Å². The number of carboxylic acids is 1. The summed E-state index contributed by atoms with van der Waals surface area (Å²) < 4.78 is 5.16. The van der Waals surface area contributed by atoms with Crippen LogP contribution in [0.5, 0.6) is 5.75 Å². The van der Waals surface area contributed by atoms with Gasteiger partial charge in [-0.2, -0.15) is 0 Å². The minimum Gasteiger partial charge on any atom is -0.497 e. The van der Waals surface area contributed by atoms with Crippen LogP contribution in [0.25, 0.3) is 0 Å². The van der Waals surface area contributed by atoms with Crippen LogP contribution < -0.4 is 10.5 Å². The van der Waals surface area contributed by atoms with E-state index in [4.69, 9.17) is 15.6 Å². The molecule has 0 heterocycles. The molecule has 2 rings (SSSR count). The van der Waals surface area contributed by atoms with Crippen LogP contribution in [0, 0.1) is 5.41 Å². The molecule has 0 saturated heterocycles. The van der Waals surface area contributed by atoms with Gasteiger partial charge in [0.05, 0.1) is 12.5 Å². The molecule has 92 valence electrons.